The third kappa shape index (κ3) is 4.90. The van der Waals surface area contributed by atoms with Crippen LogP contribution in [0.4, 0.5) is 13.2 Å². The molecule has 2 nitrogen and oxygen atoms in total. The molecule has 0 N–H and O–H groups in total. The van der Waals surface area contributed by atoms with Crippen molar-refractivity contribution < 1.29 is 22.6 Å². The van der Waals surface area contributed by atoms with Gasteiger partial charge in [-0.3, -0.25) is 0 Å². The van der Waals surface area contributed by atoms with Crippen molar-refractivity contribution in [1.82, 2.24) is 0 Å². The summed E-state index contributed by atoms with van der Waals surface area (Å²) in [7, 11) is 0. The number of alkyl halides is 3. The maximum absolute atomic E-state index is 12.6. The fraction of sp³-hybridized carbons (Fsp3) is 0.130. The van der Waals surface area contributed by atoms with Gasteiger partial charge in [0.2, 0.25) is 0 Å². The molecule has 29 heavy (non-hydrogen) atoms. The van der Waals surface area contributed by atoms with Gasteiger partial charge in [-0.1, -0.05) is 24.3 Å². The van der Waals surface area contributed by atoms with Crippen LogP contribution in [0.5, 0.6) is 11.5 Å². The van der Waals surface area contributed by atoms with Crippen molar-refractivity contribution in [3.63, 3.8) is 0 Å². The van der Waals surface area contributed by atoms with Crippen molar-refractivity contribution in [3.05, 3.63) is 94.9 Å². The maximum Gasteiger partial charge on any atom is 0.416 e. The lowest BCUT2D eigenvalue weighted by molar-refractivity contribution is -0.137. The Kier molecular flexibility index (Phi) is 5.45. The first kappa shape index (κ1) is 19.3. The molecule has 0 aliphatic rings. The van der Waals surface area contributed by atoms with E-state index >= 15 is 0 Å². The highest BCUT2D eigenvalue weighted by atomic mass is 32.1. The Morgan fingerprint density at radius 3 is 1.93 bits per heavy atom. The van der Waals surface area contributed by atoms with Gasteiger partial charge < -0.3 is 9.47 Å². The Hall–Kier alpha value is -2.99. The average Bonchev–Trinajstić information content (AvgIpc) is 3.19. The van der Waals surface area contributed by atoms with Crippen LogP contribution in [0.3, 0.4) is 0 Å². The molecule has 0 aliphatic carbocycles. The molecule has 0 spiro atoms. The molecule has 3 aromatic carbocycles. The molecule has 1 heterocycles. The van der Waals surface area contributed by atoms with Gasteiger partial charge in [0, 0.05) is 4.70 Å². The third-order valence-corrected chi connectivity index (χ3v) is 5.32. The summed E-state index contributed by atoms with van der Waals surface area (Å²) < 4.78 is 50.5. The second kappa shape index (κ2) is 8.17. The highest BCUT2D eigenvalue weighted by Crippen LogP contribution is 2.29. The Balaban J connectivity index is 1.30. The largest absolute Gasteiger partial charge is 0.489 e. The summed E-state index contributed by atoms with van der Waals surface area (Å²) in [5, 5.41) is 3.26. The molecule has 0 bridgehead atoms. The van der Waals surface area contributed by atoms with E-state index in [9.17, 15) is 13.2 Å². The number of benzene rings is 3. The second-order valence-corrected chi connectivity index (χ2v) is 7.48. The van der Waals surface area contributed by atoms with Crippen molar-refractivity contribution in [2.45, 2.75) is 19.4 Å². The SMILES string of the molecule is FC(F)(F)c1ccc(COc2ccc(COc3ccc4ccsc4c3)cc2)cc1. The zero-order valence-corrected chi connectivity index (χ0v) is 16.1. The quantitative estimate of drug-likeness (QED) is 0.336. The summed E-state index contributed by atoms with van der Waals surface area (Å²) >= 11 is 1.68. The molecular weight excluding hydrogens is 397 g/mol. The van der Waals surface area contributed by atoms with E-state index < -0.39 is 11.7 Å². The lowest BCUT2D eigenvalue weighted by atomic mass is 10.1. The van der Waals surface area contributed by atoms with Gasteiger partial charge in [-0.25, -0.2) is 0 Å². The number of hydrogen-bond donors (Lipinski definition) is 0. The van der Waals surface area contributed by atoms with Gasteiger partial charge in [0.15, 0.2) is 0 Å². The molecule has 6 heteroatoms. The third-order valence-electron chi connectivity index (χ3n) is 4.44. The van der Waals surface area contributed by atoms with Crippen LogP contribution in [-0.4, -0.2) is 0 Å². The summed E-state index contributed by atoms with van der Waals surface area (Å²) in [6.45, 7) is 0.644. The minimum absolute atomic E-state index is 0.203. The van der Waals surface area contributed by atoms with Gasteiger partial charge in [-0.15, -0.1) is 11.3 Å². The first-order chi connectivity index (χ1) is 14.0. The monoisotopic (exact) mass is 414 g/mol. The Bertz CT molecular complexity index is 1080. The molecule has 1 aromatic heterocycles. The summed E-state index contributed by atoms with van der Waals surface area (Å²) in [6.07, 6.45) is -4.33. The molecule has 0 radical (unpaired) electrons. The van der Waals surface area contributed by atoms with E-state index in [4.69, 9.17) is 9.47 Å². The molecule has 148 valence electrons. The minimum atomic E-state index is -4.33. The topological polar surface area (TPSA) is 18.5 Å². The first-order valence-corrected chi connectivity index (χ1v) is 9.83. The van der Waals surface area contributed by atoms with E-state index in [1.807, 2.05) is 42.5 Å². The van der Waals surface area contributed by atoms with Crippen molar-refractivity contribution >= 4 is 21.4 Å². The normalized spacial score (nSPS) is 11.6. The Morgan fingerprint density at radius 2 is 1.28 bits per heavy atom. The zero-order chi connectivity index (χ0) is 20.3. The first-order valence-electron chi connectivity index (χ1n) is 8.95. The predicted octanol–water partition coefficient (Wildman–Crippen LogP) is 7.08. The van der Waals surface area contributed by atoms with Crippen LogP contribution in [-0.2, 0) is 19.4 Å². The van der Waals surface area contributed by atoms with Crippen LogP contribution in [0, 0.1) is 0 Å². The van der Waals surface area contributed by atoms with Gasteiger partial charge in [0.1, 0.15) is 24.7 Å². The molecule has 0 saturated heterocycles. The van der Waals surface area contributed by atoms with Gasteiger partial charge in [0.25, 0.3) is 0 Å². The van der Waals surface area contributed by atoms with E-state index in [1.165, 1.54) is 22.2 Å². The molecule has 4 rings (SSSR count). The van der Waals surface area contributed by atoms with Crippen LogP contribution < -0.4 is 9.47 Å². The van der Waals surface area contributed by atoms with Crippen molar-refractivity contribution in [3.8, 4) is 11.5 Å². The standard InChI is InChI=1S/C23H17F3O2S/c24-23(25,26)19-6-1-16(2-7-19)14-27-20-8-3-17(4-9-20)15-28-21-10-5-18-11-12-29-22(18)13-21/h1-13H,14-15H2. The van der Waals surface area contributed by atoms with Gasteiger partial charge in [-0.05, 0) is 70.4 Å². The van der Waals surface area contributed by atoms with E-state index in [0.29, 0.717) is 17.9 Å². The lowest BCUT2D eigenvalue weighted by Gasteiger charge is -2.10. The van der Waals surface area contributed by atoms with Crippen molar-refractivity contribution in [2.75, 3.05) is 0 Å². The number of thiophene rings is 1. The maximum atomic E-state index is 12.6. The minimum Gasteiger partial charge on any atom is -0.489 e. The fourth-order valence-electron chi connectivity index (χ4n) is 2.83. The van der Waals surface area contributed by atoms with E-state index in [0.717, 1.165) is 23.4 Å². The fourth-order valence-corrected chi connectivity index (χ4v) is 3.65. The summed E-state index contributed by atoms with van der Waals surface area (Å²) in [5.41, 5.74) is 1.01. The van der Waals surface area contributed by atoms with Crippen LogP contribution in [0.15, 0.2) is 78.2 Å². The summed E-state index contributed by atoms with van der Waals surface area (Å²) in [6, 6.07) is 20.5. The van der Waals surface area contributed by atoms with Crippen molar-refractivity contribution in [1.29, 1.82) is 0 Å². The molecule has 0 amide bonds. The molecule has 0 fully saturated rings. The summed E-state index contributed by atoms with van der Waals surface area (Å²) in [5.74, 6) is 1.47. The van der Waals surface area contributed by atoms with Crippen LogP contribution in [0.25, 0.3) is 10.1 Å². The lowest BCUT2D eigenvalue weighted by Crippen LogP contribution is -2.05. The molecule has 4 aromatic rings. The van der Waals surface area contributed by atoms with E-state index in [2.05, 4.69) is 11.4 Å². The highest BCUT2D eigenvalue weighted by molar-refractivity contribution is 7.17. The van der Waals surface area contributed by atoms with Crippen LogP contribution in [0.1, 0.15) is 16.7 Å². The van der Waals surface area contributed by atoms with Gasteiger partial charge in [-0.2, -0.15) is 13.2 Å². The number of ether oxygens (including phenoxy) is 2. The van der Waals surface area contributed by atoms with Crippen LogP contribution in [0.2, 0.25) is 0 Å². The van der Waals surface area contributed by atoms with Gasteiger partial charge >= 0.3 is 6.18 Å². The molecule has 0 aliphatic heterocycles. The molecule has 0 unspecified atom stereocenters. The number of halogens is 3. The van der Waals surface area contributed by atoms with Crippen molar-refractivity contribution in [2.24, 2.45) is 0 Å². The molecular formula is C23H17F3O2S. The highest BCUT2D eigenvalue weighted by Gasteiger charge is 2.29. The Morgan fingerprint density at radius 1 is 0.690 bits per heavy atom. The van der Waals surface area contributed by atoms with Gasteiger partial charge in [0.05, 0.1) is 5.56 Å². The van der Waals surface area contributed by atoms with E-state index in [1.54, 1.807) is 11.3 Å². The predicted molar refractivity (Wildman–Crippen MR) is 108 cm³/mol. The number of rotatable bonds is 6. The second-order valence-electron chi connectivity index (χ2n) is 6.54. The van der Waals surface area contributed by atoms with E-state index in [-0.39, 0.29) is 6.61 Å². The summed E-state index contributed by atoms with van der Waals surface area (Å²) in [4.78, 5) is 0. The average molecular weight is 414 g/mol. The number of fused-ring (bicyclic) bond motifs is 1. The molecule has 0 saturated carbocycles. The molecule has 0 atom stereocenters. The Labute approximate surface area is 170 Å². The smallest absolute Gasteiger partial charge is 0.416 e. The zero-order valence-electron chi connectivity index (χ0n) is 15.3. The number of hydrogen-bond acceptors (Lipinski definition) is 3. The van der Waals surface area contributed by atoms with Crippen LogP contribution >= 0.6 is 11.3 Å².